The lowest BCUT2D eigenvalue weighted by atomic mass is 10.1. The van der Waals surface area contributed by atoms with Crippen LogP contribution in [-0.4, -0.2) is 28.8 Å². The Bertz CT molecular complexity index is 133. The summed E-state index contributed by atoms with van der Waals surface area (Å²) < 4.78 is 5.75. The van der Waals surface area contributed by atoms with Crippen LogP contribution in [0.15, 0.2) is 0 Å². The van der Waals surface area contributed by atoms with E-state index in [1.807, 2.05) is 0 Å². The van der Waals surface area contributed by atoms with E-state index in [2.05, 4.69) is 36.7 Å². The lowest BCUT2D eigenvalue weighted by molar-refractivity contribution is -0.0115. The van der Waals surface area contributed by atoms with Gasteiger partial charge < -0.3 is 4.74 Å². The third kappa shape index (κ3) is 5.46. The van der Waals surface area contributed by atoms with Crippen LogP contribution in [0.4, 0.5) is 0 Å². The van der Waals surface area contributed by atoms with E-state index < -0.39 is 0 Å². The van der Waals surface area contributed by atoms with E-state index in [0.717, 1.165) is 0 Å². The molecule has 0 amide bonds. The van der Waals surface area contributed by atoms with Gasteiger partial charge in [-0.3, -0.25) is 0 Å². The van der Waals surface area contributed by atoms with Crippen molar-refractivity contribution in [2.45, 2.75) is 37.8 Å². The van der Waals surface area contributed by atoms with Crippen molar-refractivity contribution in [2.75, 3.05) is 11.8 Å². The van der Waals surface area contributed by atoms with Gasteiger partial charge >= 0.3 is 0 Å². The third-order valence-corrected chi connectivity index (χ3v) is 3.95. The Morgan fingerprint density at radius 2 is 1.69 bits per heavy atom. The van der Waals surface area contributed by atoms with Crippen LogP contribution in [0.25, 0.3) is 0 Å². The highest BCUT2D eigenvalue weighted by atomic mass is 79.9. The summed E-state index contributed by atoms with van der Waals surface area (Å²) in [6.45, 7) is 6.30. The highest BCUT2D eigenvalue weighted by Crippen LogP contribution is 2.17. The largest absolute Gasteiger partial charge is 0.373 e. The van der Waals surface area contributed by atoms with Crippen molar-refractivity contribution in [1.82, 2.24) is 0 Å². The van der Waals surface area contributed by atoms with E-state index in [-0.39, 0.29) is 17.0 Å². The second kappa shape index (κ2) is 7.33. The van der Waals surface area contributed by atoms with E-state index >= 15 is 0 Å². The van der Waals surface area contributed by atoms with E-state index in [1.54, 1.807) is 0 Å². The molecule has 0 saturated heterocycles. The summed E-state index contributed by atoms with van der Waals surface area (Å²) in [6, 6.07) is 0. The molecule has 0 spiro atoms. The highest BCUT2D eigenvalue weighted by Gasteiger charge is 2.21. The topological polar surface area (TPSA) is 9.23 Å². The minimum atomic E-state index is -0.00318. The minimum absolute atomic E-state index is 0.00318. The molecule has 3 atom stereocenters. The number of hydrogen-bond donors (Lipinski definition) is 0. The van der Waals surface area contributed by atoms with Gasteiger partial charge in [0.15, 0.2) is 0 Å². The molecule has 0 bridgehead atoms. The van der Waals surface area contributed by atoms with Crippen LogP contribution in [0.2, 0.25) is 0 Å². The molecule has 4 heteroatoms. The fourth-order valence-electron chi connectivity index (χ4n) is 0.750. The zero-order valence-corrected chi connectivity index (χ0v) is 11.4. The van der Waals surface area contributed by atoms with Gasteiger partial charge in [-0.05, 0) is 12.8 Å². The van der Waals surface area contributed by atoms with Gasteiger partial charge in [-0.2, -0.15) is 0 Å². The highest BCUT2D eigenvalue weighted by molar-refractivity contribution is 9.09. The van der Waals surface area contributed by atoms with Gasteiger partial charge in [0.05, 0.1) is 17.0 Å². The van der Waals surface area contributed by atoms with Crippen molar-refractivity contribution in [3.8, 4) is 0 Å². The third-order valence-electron chi connectivity index (χ3n) is 2.03. The number of alkyl halides is 3. The molecule has 0 aromatic carbocycles. The van der Waals surface area contributed by atoms with Gasteiger partial charge in [-0.1, -0.05) is 29.8 Å². The Kier molecular flexibility index (Phi) is 7.90. The van der Waals surface area contributed by atoms with Crippen molar-refractivity contribution < 1.29 is 4.74 Å². The average molecular weight is 292 g/mol. The molecule has 0 aromatic rings. The standard InChI is InChI=1S/C9H17BrCl2O/c1-6(2)7(3)13-9(5-12)8(10)4-11/h6-9H,4-5H2,1-3H3. The monoisotopic (exact) mass is 290 g/mol. The summed E-state index contributed by atoms with van der Waals surface area (Å²) in [5, 5.41) is 0. The minimum Gasteiger partial charge on any atom is -0.373 e. The molecule has 0 saturated carbocycles. The molecule has 0 radical (unpaired) electrons. The molecule has 1 nitrogen and oxygen atoms in total. The first kappa shape index (κ1) is 14.0. The Labute approximate surface area is 99.2 Å². The lowest BCUT2D eigenvalue weighted by Gasteiger charge is -2.25. The molecule has 3 unspecified atom stereocenters. The maximum atomic E-state index is 5.78. The molecule has 0 fully saturated rings. The second-order valence-corrected chi connectivity index (χ2v) is 5.24. The Hall–Kier alpha value is 1.02. The van der Waals surface area contributed by atoms with E-state index in [4.69, 9.17) is 27.9 Å². The van der Waals surface area contributed by atoms with Crippen LogP contribution in [0, 0.1) is 5.92 Å². The van der Waals surface area contributed by atoms with Gasteiger partial charge in [-0.15, -0.1) is 23.2 Å². The first-order chi connectivity index (χ1) is 6.02. The number of hydrogen-bond acceptors (Lipinski definition) is 1. The van der Waals surface area contributed by atoms with Crippen LogP contribution in [0.5, 0.6) is 0 Å². The van der Waals surface area contributed by atoms with Crippen LogP contribution in [-0.2, 0) is 4.74 Å². The predicted octanol–water partition coefficient (Wildman–Crippen LogP) is 3.66. The molecule has 0 aliphatic carbocycles. The summed E-state index contributed by atoms with van der Waals surface area (Å²) in [5.74, 6) is 1.49. The Morgan fingerprint density at radius 1 is 1.15 bits per heavy atom. The van der Waals surface area contributed by atoms with Crippen molar-refractivity contribution in [3.05, 3.63) is 0 Å². The van der Waals surface area contributed by atoms with Crippen LogP contribution < -0.4 is 0 Å². The van der Waals surface area contributed by atoms with Crippen LogP contribution >= 0.6 is 39.1 Å². The van der Waals surface area contributed by atoms with E-state index in [0.29, 0.717) is 17.7 Å². The van der Waals surface area contributed by atoms with Crippen molar-refractivity contribution in [1.29, 1.82) is 0 Å². The summed E-state index contributed by atoms with van der Waals surface area (Å²) in [4.78, 5) is 0.132. The van der Waals surface area contributed by atoms with Crippen molar-refractivity contribution >= 4 is 39.1 Å². The normalized spacial score (nSPS) is 18.7. The van der Waals surface area contributed by atoms with Crippen LogP contribution in [0.3, 0.4) is 0 Å². The van der Waals surface area contributed by atoms with Gasteiger partial charge in [0.1, 0.15) is 0 Å². The van der Waals surface area contributed by atoms with E-state index in [9.17, 15) is 0 Å². The van der Waals surface area contributed by atoms with Crippen LogP contribution in [0.1, 0.15) is 20.8 Å². The Morgan fingerprint density at radius 3 is 2.00 bits per heavy atom. The molecule has 0 N–H and O–H groups in total. The van der Waals surface area contributed by atoms with Crippen molar-refractivity contribution in [2.24, 2.45) is 5.92 Å². The maximum absolute atomic E-state index is 5.78. The fourth-order valence-corrected chi connectivity index (χ4v) is 1.76. The SMILES string of the molecule is CC(C)C(C)OC(CCl)C(Br)CCl. The zero-order chi connectivity index (χ0) is 10.4. The number of rotatable bonds is 6. The summed E-state index contributed by atoms with van der Waals surface area (Å²) in [6.07, 6.45) is 0.212. The molecule has 0 heterocycles. The zero-order valence-electron chi connectivity index (χ0n) is 8.27. The summed E-state index contributed by atoms with van der Waals surface area (Å²) in [7, 11) is 0. The molecule has 0 aliphatic rings. The molecule has 0 aromatic heterocycles. The predicted molar refractivity (Wildman–Crippen MR) is 63.3 cm³/mol. The van der Waals surface area contributed by atoms with Gasteiger partial charge in [0, 0.05) is 11.8 Å². The van der Waals surface area contributed by atoms with Gasteiger partial charge in [-0.25, -0.2) is 0 Å². The average Bonchev–Trinajstić information content (AvgIpc) is 2.12. The molecular weight excluding hydrogens is 275 g/mol. The maximum Gasteiger partial charge on any atom is 0.0850 e. The Balaban J connectivity index is 3.97. The smallest absolute Gasteiger partial charge is 0.0850 e. The first-order valence-electron chi connectivity index (χ1n) is 4.44. The second-order valence-electron chi connectivity index (χ2n) is 3.45. The lowest BCUT2D eigenvalue weighted by Crippen LogP contribution is -2.33. The number of halogens is 3. The van der Waals surface area contributed by atoms with Gasteiger partial charge in [0.2, 0.25) is 0 Å². The van der Waals surface area contributed by atoms with Crippen molar-refractivity contribution in [3.63, 3.8) is 0 Å². The molecule has 0 aliphatic heterocycles. The molecule has 80 valence electrons. The first-order valence-corrected chi connectivity index (χ1v) is 6.42. The summed E-state index contributed by atoms with van der Waals surface area (Å²) in [5.41, 5.74) is 0. The summed E-state index contributed by atoms with van der Waals surface area (Å²) >= 11 is 14.9. The molecule has 0 rings (SSSR count). The quantitative estimate of drug-likeness (QED) is 0.679. The fraction of sp³-hybridized carbons (Fsp3) is 1.00. The molecule has 13 heavy (non-hydrogen) atoms. The molecular formula is C9H17BrCl2O. The van der Waals surface area contributed by atoms with Gasteiger partial charge in [0.25, 0.3) is 0 Å². The van der Waals surface area contributed by atoms with E-state index in [1.165, 1.54) is 0 Å². The number of ether oxygens (including phenoxy) is 1.